The Morgan fingerprint density at radius 2 is 0.895 bits per heavy atom. The van der Waals surface area contributed by atoms with E-state index in [4.69, 9.17) is 28.9 Å². The highest BCUT2D eigenvalue weighted by molar-refractivity contribution is 9.10. The standard InChI is InChI=1S/C48H37BrN4O4/c1-54-32-13-5-9-28(23-32)43-36-27-50-48(47(36)49)46(31-12-8-16-35(26-31)57-4)42-22-21-41(53-42)45(30-11-7-15-34(25-30)56-3)40-20-19-39(52-40)44(38-18-17-37(43)51-38)29-10-6-14-33(24-29)55-2/h5-27,50-51H,1-4H3. The van der Waals surface area contributed by atoms with E-state index >= 15 is 0 Å². The Labute approximate surface area is 338 Å². The molecule has 5 heterocycles. The molecule has 8 nitrogen and oxygen atoms in total. The van der Waals surface area contributed by atoms with Gasteiger partial charge in [-0.2, -0.15) is 0 Å². The Bertz CT molecular complexity index is 2920. The summed E-state index contributed by atoms with van der Waals surface area (Å²) >= 11 is 4.10. The maximum atomic E-state index is 5.72. The van der Waals surface area contributed by atoms with E-state index in [1.165, 1.54) is 0 Å². The number of halogens is 1. The minimum absolute atomic E-state index is 0.739. The largest absolute Gasteiger partial charge is 0.497 e. The zero-order valence-electron chi connectivity index (χ0n) is 31.7. The molecule has 9 rings (SSSR count). The average molecular weight is 814 g/mol. The van der Waals surface area contributed by atoms with Crippen LogP contribution in [0.1, 0.15) is 33.5 Å². The Kier molecular flexibility index (Phi) is 9.44. The van der Waals surface area contributed by atoms with Crippen LogP contribution in [0.5, 0.6) is 23.0 Å². The van der Waals surface area contributed by atoms with Gasteiger partial charge in [0.15, 0.2) is 0 Å². The number of H-pyrrole nitrogens is 2. The third-order valence-electron chi connectivity index (χ3n) is 10.3. The highest BCUT2D eigenvalue weighted by atomic mass is 79.9. The summed E-state index contributed by atoms with van der Waals surface area (Å²) in [6, 6.07) is 36.5. The number of nitrogens with zero attached hydrogens (tertiary/aromatic N) is 2. The van der Waals surface area contributed by atoms with Gasteiger partial charge in [0.1, 0.15) is 23.0 Å². The van der Waals surface area contributed by atoms with Crippen LogP contribution >= 0.6 is 15.9 Å². The fourth-order valence-electron chi connectivity index (χ4n) is 7.60. The van der Waals surface area contributed by atoms with E-state index < -0.39 is 0 Å². The Hall–Kier alpha value is -6.84. The first kappa shape index (κ1) is 35.8. The SMILES string of the molecule is COc1cccc(C2=C3C=CC(=N3)C(c3cccc(OC)c3)=c3ccc([nH]3)=C(c3cccc(OC)c3)c3c[nH]c(c3Br)C(c3cccc(OC)c3)=C3C=CC2=N3)c1. The number of methoxy groups -OCH3 is 4. The molecule has 0 saturated carbocycles. The average Bonchev–Trinajstić information content (AvgIpc) is 4.09. The van der Waals surface area contributed by atoms with Gasteiger partial charge in [0, 0.05) is 44.8 Å². The lowest BCUT2D eigenvalue weighted by Crippen LogP contribution is -2.19. The third kappa shape index (κ3) is 6.55. The molecule has 0 unspecified atom stereocenters. The molecule has 0 radical (unpaired) electrons. The molecular formula is C48H37BrN4O4. The first-order chi connectivity index (χ1) is 28.0. The van der Waals surface area contributed by atoms with Crippen LogP contribution in [0.2, 0.25) is 0 Å². The van der Waals surface area contributed by atoms with Crippen molar-refractivity contribution in [2.75, 3.05) is 28.4 Å². The maximum absolute atomic E-state index is 5.72. The molecule has 9 heteroatoms. The molecule has 3 aliphatic heterocycles. The number of aromatic nitrogens is 2. The highest BCUT2D eigenvalue weighted by Gasteiger charge is 2.26. The Morgan fingerprint density at radius 3 is 1.40 bits per heavy atom. The number of nitrogens with one attached hydrogen (secondary N) is 2. The van der Waals surface area contributed by atoms with Crippen molar-refractivity contribution in [1.29, 1.82) is 0 Å². The zero-order chi connectivity index (χ0) is 39.0. The van der Waals surface area contributed by atoms with E-state index in [9.17, 15) is 0 Å². The van der Waals surface area contributed by atoms with Crippen LogP contribution in [0, 0.1) is 0 Å². The van der Waals surface area contributed by atoms with Gasteiger partial charge in [-0.1, -0.05) is 48.5 Å². The number of hydrogen-bond donors (Lipinski definition) is 2. The summed E-state index contributed by atoms with van der Waals surface area (Å²) < 4.78 is 23.7. The molecule has 4 aromatic carbocycles. The molecular weight excluding hydrogens is 776 g/mol. The molecule has 0 aliphatic carbocycles. The van der Waals surface area contributed by atoms with Crippen LogP contribution in [0.4, 0.5) is 0 Å². The summed E-state index contributed by atoms with van der Waals surface area (Å²) in [5.41, 5.74) is 12.4. The maximum Gasteiger partial charge on any atom is 0.119 e. The third-order valence-corrected chi connectivity index (χ3v) is 11.1. The van der Waals surface area contributed by atoms with Crippen molar-refractivity contribution in [2.45, 2.75) is 0 Å². The molecule has 3 aliphatic rings. The lowest BCUT2D eigenvalue weighted by molar-refractivity contribution is 0.414. The van der Waals surface area contributed by atoms with Crippen molar-refractivity contribution in [3.63, 3.8) is 0 Å². The molecule has 0 amide bonds. The van der Waals surface area contributed by atoms with E-state index in [0.717, 1.165) is 117 Å². The second kappa shape index (κ2) is 15.0. The lowest BCUT2D eigenvalue weighted by Gasteiger charge is -2.13. The molecule has 0 atom stereocenters. The second-order valence-electron chi connectivity index (χ2n) is 13.5. The van der Waals surface area contributed by atoms with E-state index in [1.54, 1.807) is 28.4 Å². The number of aromatic amines is 2. The van der Waals surface area contributed by atoms with Crippen molar-refractivity contribution in [3.8, 4) is 23.0 Å². The molecule has 0 fully saturated rings. The van der Waals surface area contributed by atoms with E-state index in [-0.39, 0.29) is 0 Å². The predicted molar refractivity (Wildman–Crippen MR) is 231 cm³/mol. The van der Waals surface area contributed by atoms with Crippen LogP contribution < -0.4 is 29.6 Å². The smallest absolute Gasteiger partial charge is 0.119 e. The summed E-state index contributed by atoms with van der Waals surface area (Å²) in [6.45, 7) is 0. The van der Waals surface area contributed by atoms with E-state index in [1.807, 2.05) is 72.9 Å². The summed E-state index contributed by atoms with van der Waals surface area (Å²) in [4.78, 5) is 18.3. The van der Waals surface area contributed by atoms with Gasteiger partial charge in [-0.25, -0.2) is 9.98 Å². The fraction of sp³-hybridized carbons (Fsp3) is 0.0833. The number of rotatable bonds is 8. The number of fused-ring (bicyclic) bond motifs is 6. The zero-order valence-corrected chi connectivity index (χ0v) is 33.3. The fourth-order valence-corrected chi connectivity index (χ4v) is 8.22. The predicted octanol–water partition coefficient (Wildman–Crippen LogP) is 8.79. The van der Waals surface area contributed by atoms with Gasteiger partial charge in [-0.15, -0.1) is 0 Å². The highest BCUT2D eigenvalue weighted by Crippen LogP contribution is 2.41. The van der Waals surface area contributed by atoms with E-state index in [0.29, 0.717) is 0 Å². The van der Waals surface area contributed by atoms with Gasteiger partial charge in [0.2, 0.25) is 0 Å². The molecule has 2 aromatic heterocycles. The first-order valence-corrected chi connectivity index (χ1v) is 19.2. The van der Waals surface area contributed by atoms with Crippen molar-refractivity contribution in [1.82, 2.24) is 9.97 Å². The van der Waals surface area contributed by atoms with Crippen LogP contribution in [0.25, 0.3) is 22.3 Å². The van der Waals surface area contributed by atoms with Crippen LogP contribution in [-0.2, 0) is 0 Å². The van der Waals surface area contributed by atoms with Crippen LogP contribution in [0.3, 0.4) is 0 Å². The monoisotopic (exact) mass is 812 g/mol. The topological polar surface area (TPSA) is 93.2 Å². The number of allylic oxidation sites excluding steroid dienone is 5. The van der Waals surface area contributed by atoms with Gasteiger partial charge in [0.25, 0.3) is 0 Å². The van der Waals surface area contributed by atoms with Gasteiger partial charge < -0.3 is 28.9 Å². The minimum atomic E-state index is 0.739. The number of hydrogen-bond acceptors (Lipinski definition) is 6. The minimum Gasteiger partial charge on any atom is -0.497 e. The van der Waals surface area contributed by atoms with Crippen molar-refractivity contribution < 1.29 is 18.9 Å². The quantitative estimate of drug-likeness (QED) is 0.161. The Balaban J connectivity index is 1.43. The summed E-state index contributed by atoms with van der Waals surface area (Å²) in [5, 5.41) is 1.80. The normalized spacial score (nSPS) is 14.6. The van der Waals surface area contributed by atoms with Gasteiger partial charge in [-0.3, -0.25) is 0 Å². The summed E-state index contributed by atoms with van der Waals surface area (Å²) in [5.74, 6) is 2.98. The lowest BCUT2D eigenvalue weighted by atomic mass is 9.96. The number of aliphatic imine (C=N–C) groups is 2. The molecule has 6 aromatic rings. The van der Waals surface area contributed by atoms with E-state index in [2.05, 4.69) is 92.7 Å². The van der Waals surface area contributed by atoms with Crippen molar-refractivity contribution in [3.05, 3.63) is 200 Å². The van der Waals surface area contributed by atoms with Gasteiger partial charge >= 0.3 is 0 Å². The van der Waals surface area contributed by atoms with Crippen molar-refractivity contribution >= 4 is 49.6 Å². The first-order valence-electron chi connectivity index (χ1n) is 18.4. The molecule has 8 bridgehead atoms. The Morgan fingerprint density at radius 1 is 0.474 bits per heavy atom. The van der Waals surface area contributed by atoms with Gasteiger partial charge in [-0.05, 0) is 123 Å². The molecule has 0 saturated heterocycles. The summed E-state index contributed by atoms with van der Waals surface area (Å²) in [7, 11) is 6.72. The molecule has 57 heavy (non-hydrogen) atoms. The number of ether oxygens (including phenoxy) is 4. The van der Waals surface area contributed by atoms with Crippen LogP contribution in [0.15, 0.2) is 166 Å². The molecule has 0 spiro atoms. The second-order valence-corrected chi connectivity index (χ2v) is 14.3. The molecule has 280 valence electrons. The van der Waals surface area contributed by atoms with Crippen LogP contribution in [-0.4, -0.2) is 49.8 Å². The number of benzene rings is 4. The van der Waals surface area contributed by atoms with Gasteiger partial charge in [0.05, 0.1) is 61.4 Å². The van der Waals surface area contributed by atoms with Crippen molar-refractivity contribution in [2.24, 2.45) is 9.98 Å². The summed E-state index contributed by atoms with van der Waals surface area (Å²) in [6.07, 6.45) is 10.3. The molecule has 2 N–H and O–H groups in total.